The molecule has 8 heteroatoms. The van der Waals surface area contributed by atoms with E-state index in [1.165, 1.54) is 6.07 Å². The minimum atomic E-state index is -4.39. The van der Waals surface area contributed by atoms with Crippen molar-refractivity contribution in [2.24, 2.45) is 0 Å². The third kappa shape index (κ3) is 3.81. The second-order valence-corrected chi connectivity index (χ2v) is 6.67. The third-order valence-corrected chi connectivity index (χ3v) is 4.80. The zero-order valence-corrected chi connectivity index (χ0v) is 14.7. The van der Waals surface area contributed by atoms with E-state index >= 15 is 0 Å². The van der Waals surface area contributed by atoms with Crippen LogP contribution in [0, 0.1) is 0 Å². The summed E-state index contributed by atoms with van der Waals surface area (Å²) in [5.74, 6) is 0. The Bertz CT molecular complexity index is 912. The lowest BCUT2D eigenvalue weighted by Crippen LogP contribution is -2.28. The van der Waals surface area contributed by atoms with Crippen molar-refractivity contribution >= 4 is 5.65 Å². The summed E-state index contributed by atoms with van der Waals surface area (Å²) < 4.78 is 41.3. The number of halogens is 3. The van der Waals surface area contributed by atoms with Gasteiger partial charge in [0.15, 0.2) is 0 Å². The Hall–Kier alpha value is -2.45. The van der Waals surface area contributed by atoms with Gasteiger partial charge in [0.1, 0.15) is 5.65 Å². The fraction of sp³-hybridized carbons (Fsp3) is 0.368. The molecular weight excluding hydrogens is 355 g/mol. The number of alkyl halides is 3. The lowest BCUT2D eigenvalue weighted by atomic mass is 10.1. The van der Waals surface area contributed by atoms with E-state index in [1.54, 1.807) is 16.8 Å². The van der Waals surface area contributed by atoms with Crippen LogP contribution in [-0.4, -0.2) is 45.4 Å². The molecule has 1 fully saturated rings. The second-order valence-electron chi connectivity index (χ2n) is 6.67. The van der Waals surface area contributed by atoms with E-state index in [4.69, 9.17) is 0 Å². The highest BCUT2D eigenvalue weighted by Gasteiger charge is 2.31. The zero-order chi connectivity index (χ0) is 18.9. The first-order valence-electron chi connectivity index (χ1n) is 8.94. The minimum Gasteiger partial charge on any atom is -0.315 e. The van der Waals surface area contributed by atoms with Gasteiger partial charge in [0.05, 0.1) is 17.0 Å². The summed E-state index contributed by atoms with van der Waals surface area (Å²) in [6.07, 6.45) is 1.10. The maximum absolute atomic E-state index is 13.2. The maximum atomic E-state index is 13.2. The Morgan fingerprint density at radius 1 is 1.04 bits per heavy atom. The molecule has 0 atom stereocenters. The molecule has 27 heavy (non-hydrogen) atoms. The number of pyridine rings is 2. The van der Waals surface area contributed by atoms with E-state index in [0.29, 0.717) is 17.9 Å². The minimum absolute atomic E-state index is 0.512. The van der Waals surface area contributed by atoms with Crippen molar-refractivity contribution in [3.8, 4) is 11.3 Å². The summed E-state index contributed by atoms with van der Waals surface area (Å²) in [5, 5.41) is 3.35. The van der Waals surface area contributed by atoms with Crippen LogP contribution in [0.1, 0.15) is 17.7 Å². The SMILES string of the molecule is FC(F)(F)c1ccc2nc(-c3ccncc3)c(CN3CCCNCC3)n2c1. The predicted octanol–water partition coefficient (Wildman–Crippen LogP) is 3.21. The number of nitrogens with zero attached hydrogens (tertiary/aromatic N) is 4. The molecule has 5 nitrogen and oxygen atoms in total. The maximum Gasteiger partial charge on any atom is 0.417 e. The van der Waals surface area contributed by atoms with Crippen molar-refractivity contribution in [2.75, 3.05) is 26.2 Å². The molecule has 142 valence electrons. The quantitative estimate of drug-likeness (QED) is 0.764. The Morgan fingerprint density at radius 2 is 1.85 bits per heavy atom. The van der Waals surface area contributed by atoms with Gasteiger partial charge in [-0.15, -0.1) is 0 Å². The first-order chi connectivity index (χ1) is 13.0. The predicted molar refractivity (Wildman–Crippen MR) is 96.2 cm³/mol. The molecule has 0 aromatic carbocycles. The molecule has 0 bridgehead atoms. The summed E-state index contributed by atoms with van der Waals surface area (Å²) in [6.45, 7) is 4.12. The Labute approximate surface area is 154 Å². The second kappa shape index (κ2) is 7.28. The van der Waals surface area contributed by atoms with Crippen LogP contribution in [0.3, 0.4) is 0 Å². The van der Waals surface area contributed by atoms with Gasteiger partial charge >= 0.3 is 6.18 Å². The summed E-state index contributed by atoms with van der Waals surface area (Å²) in [4.78, 5) is 10.9. The van der Waals surface area contributed by atoms with Crippen molar-refractivity contribution in [1.82, 2.24) is 24.6 Å². The smallest absolute Gasteiger partial charge is 0.315 e. The van der Waals surface area contributed by atoms with Gasteiger partial charge < -0.3 is 9.72 Å². The molecule has 3 aromatic heterocycles. The summed E-state index contributed by atoms with van der Waals surface area (Å²) in [6, 6.07) is 6.18. The molecule has 1 aliphatic rings. The van der Waals surface area contributed by atoms with E-state index < -0.39 is 11.7 Å². The van der Waals surface area contributed by atoms with Crippen LogP contribution in [0.2, 0.25) is 0 Å². The molecule has 0 aliphatic carbocycles. The average molecular weight is 375 g/mol. The van der Waals surface area contributed by atoms with Gasteiger partial charge in [-0.2, -0.15) is 13.2 Å². The van der Waals surface area contributed by atoms with E-state index in [1.807, 2.05) is 12.1 Å². The summed E-state index contributed by atoms with van der Waals surface area (Å²) in [5.41, 5.74) is 2.16. The number of imidazole rings is 1. The van der Waals surface area contributed by atoms with Crippen molar-refractivity contribution in [3.63, 3.8) is 0 Å². The standard InChI is InChI=1S/C19H20F3N5/c20-19(21,22)15-2-3-17-25-18(14-4-7-24-8-5-14)16(27(17)12-15)13-26-10-1-6-23-9-11-26/h2-5,7-8,12,23H,1,6,9-11,13H2. The van der Waals surface area contributed by atoms with Crippen LogP contribution < -0.4 is 5.32 Å². The highest BCUT2D eigenvalue weighted by Crippen LogP contribution is 2.32. The average Bonchev–Trinajstić information content (AvgIpc) is 2.82. The van der Waals surface area contributed by atoms with Gasteiger partial charge in [-0.3, -0.25) is 9.88 Å². The zero-order valence-electron chi connectivity index (χ0n) is 14.7. The molecule has 0 radical (unpaired) electrons. The number of rotatable bonds is 3. The summed E-state index contributed by atoms with van der Waals surface area (Å²) in [7, 11) is 0. The van der Waals surface area contributed by atoms with Gasteiger partial charge in [0.2, 0.25) is 0 Å². The topological polar surface area (TPSA) is 45.5 Å². The van der Waals surface area contributed by atoms with Crippen LogP contribution in [0.5, 0.6) is 0 Å². The molecular formula is C19H20F3N5. The molecule has 4 heterocycles. The third-order valence-electron chi connectivity index (χ3n) is 4.80. The number of aromatic nitrogens is 3. The van der Waals surface area contributed by atoms with Crippen LogP contribution in [-0.2, 0) is 12.7 Å². The Morgan fingerprint density at radius 3 is 2.63 bits per heavy atom. The lowest BCUT2D eigenvalue weighted by molar-refractivity contribution is -0.137. The van der Waals surface area contributed by atoms with Gasteiger partial charge in [-0.05, 0) is 43.8 Å². The van der Waals surface area contributed by atoms with Crippen LogP contribution in [0.4, 0.5) is 13.2 Å². The monoisotopic (exact) mass is 375 g/mol. The van der Waals surface area contributed by atoms with Crippen LogP contribution in [0.15, 0.2) is 42.9 Å². The molecule has 1 N–H and O–H groups in total. The van der Waals surface area contributed by atoms with Crippen molar-refractivity contribution in [3.05, 3.63) is 54.1 Å². The van der Waals surface area contributed by atoms with Gasteiger partial charge in [0, 0.05) is 43.8 Å². The fourth-order valence-corrected chi connectivity index (χ4v) is 3.42. The van der Waals surface area contributed by atoms with Crippen molar-refractivity contribution < 1.29 is 13.2 Å². The highest BCUT2D eigenvalue weighted by atomic mass is 19.4. The van der Waals surface area contributed by atoms with Gasteiger partial charge in [-0.25, -0.2) is 4.98 Å². The molecule has 1 saturated heterocycles. The van der Waals surface area contributed by atoms with Crippen molar-refractivity contribution in [2.45, 2.75) is 19.1 Å². The molecule has 0 unspecified atom stereocenters. The van der Waals surface area contributed by atoms with Gasteiger partial charge in [0.25, 0.3) is 0 Å². The molecule has 0 saturated carbocycles. The molecule has 3 aromatic rings. The van der Waals surface area contributed by atoms with Gasteiger partial charge in [-0.1, -0.05) is 0 Å². The first-order valence-corrected chi connectivity index (χ1v) is 8.94. The lowest BCUT2D eigenvalue weighted by Gasteiger charge is -2.20. The Kier molecular flexibility index (Phi) is 4.84. The van der Waals surface area contributed by atoms with E-state index in [-0.39, 0.29) is 0 Å². The number of hydrogen-bond donors (Lipinski definition) is 1. The normalized spacial score (nSPS) is 16.6. The van der Waals surface area contributed by atoms with Crippen molar-refractivity contribution in [1.29, 1.82) is 0 Å². The fourth-order valence-electron chi connectivity index (χ4n) is 3.42. The molecule has 4 rings (SSSR count). The summed E-state index contributed by atoms with van der Waals surface area (Å²) >= 11 is 0. The number of fused-ring (bicyclic) bond motifs is 1. The highest BCUT2D eigenvalue weighted by molar-refractivity contribution is 5.66. The van der Waals surface area contributed by atoms with E-state index in [9.17, 15) is 13.2 Å². The van der Waals surface area contributed by atoms with E-state index in [0.717, 1.165) is 56.1 Å². The number of nitrogens with one attached hydrogen (secondary N) is 1. The van der Waals surface area contributed by atoms with Crippen LogP contribution in [0.25, 0.3) is 16.9 Å². The largest absolute Gasteiger partial charge is 0.417 e. The molecule has 0 amide bonds. The van der Waals surface area contributed by atoms with Crippen LogP contribution >= 0.6 is 0 Å². The molecule has 1 aliphatic heterocycles. The first kappa shape index (κ1) is 17.9. The Balaban J connectivity index is 1.82. The number of hydrogen-bond acceptors (Lipinski definition) is 4. The molecule has 0 spiro atoms. The van der Waals surface area contributed by atoms with E-state index in [2.05, 4.69) is 20.2 Å².